The average molecular weight is 546 g/mol. The number of ether oxygens (including phenoxy) is 1. The van der Waals surface area contributed by atoms with Gasteiger partial charge in [0, 0.05) is 5.69 Å². The van der Waals surface area contributed by atoms with Crippen molar-refractivity contribution in [2.24, 2.45) is 0 Å². The maximum atomic E-state index is 13.0. The minimum absolute atomic E-state index is 0.0191. The van der Waals surface area contributed by atoms with Crippen molar-refractivity contribution in [3.05, 3.63) is 77.9 Å². The van der Waals surface area contributed by atoms with Crippen LogP contribution < -0.4 is 19.1 Å². The Balaban J connectivity index is 1.75. The normalized spacial score (nSPS) is 12.5. The molecule has 1 amide bonds. The molecule has 9 nitrogen and oxygen atoms in total. The fourth-order valence-corrected chi connectivity index (χ4v) is 6.07. The lowest BCUT2D eigenvalue weighted by Crippen LogP contribution is -2.45. The van der Waals surface area contributed by atoms with Crippen molar-refractivity contribution in [1.82, 2.24) is 0 Å². The number of sulfonamides is 2. The number of carbonyl (C=O) groups excluding carboxylic acids is 1. The molecule has 198 valence electrons. The van der Waals surface area contributed by atoms with Gasteiger partial charge in [-0.15, -0.1) is 0 Å². The van der Waals surface area contributed by atoms with Gasteiger partial charge in [0.05, 0.1) is 29.1 Å². The molecule has 1 atom stereocenters. The minimum atomic E-state index is -3.85. The summed E-state index contributed by atoms with van der Waals surface area (Å²) in [5, 5.41) is 2.65. The van der Waals surface area contributed by atoms with E-state index in [0.29, 0.717) is 29.4 Å². The lowest BCUT2D eigenvalue weighted by Gasteiger charge is -2.28. The number of anilines is 3. The highest BCUT2D eigenvalue weighted by atomic mass is 32.2. The van der Waals surface area contributed by atoms with Crippen LogP contribution in [-0.4, -0.2) is 41.6 Å². The van der Waals surface area contributed by atoms with Crippen molar-refractivity contribution < 1.29 is 26.4 Å². The summed E-state index contributed by atoms with van der Waals surface area (Å²) in [7, 11) is -7.65. The quantitative estimate of drug-likeness (QED) is 0.392. The molecule has 0 heterocycles. The number of nitrogens with one attached hydrogen (secondary N) is 2. The molecule has 0 saturated carbocycles. The molecular weight excluding hydrogens is 514 g/mol. The van der Waals surface area contributed by atoms with E-state index in [1.165, 1.54) is 31.2 Å². The second-order valence-corrected chi connectivity index (χ2v) is 12.1. The smallest absolute Gasteiger partial charge is 0.261 e. The maximum absolute atomic E-state index is 13.0. The molecule has 0 spiro atoms. The Hall–Kier alpha value is -3.57. The van der Waals surface area contributed by atoms with Gasteiger partial charge in [-0.05, 0) is 87.9 Å². The van der Waals surface area contributed by atoms with Crippen LogP contribution in [0.1, 0.15) is 25.0 Å². The molecule has 2 N–H and O–H groups in total. The molecule has 0 saturated heterocycles. The third-order valence-corrected chi connectivity index (χ3v) is 8.17. The Kier molecular flexibility index (Phi) is 8.49. The van der Waals surface area contributed by atoms with Crippen LogP contribution in [0.4, 0.5) is 17.1 Å². The number of benzene rings is 3. The lowest BCUT2D eigenvalue weighted by molar-refractivity contribution is -0.116. The van der Waals surface area contributed by atoms with Gasteiger partial charge >= 0.3 is 0 Å². The molecule has 3 rings (SSSR count). The first-order chi connectivity index (χ1) is 17.3. The van der Waals surface area contributed by atoms with Crippen LogP contribution in [0.3, 0.4) is 0 Å². The van der Waals surface area contributed by atoms with Crippen LogP contribution in [0.2, 0.25) is 0 Å². The number of aryl methyl sites for hydroxylation is 2. The van der Waals surface area contributed by atoms with Gasteiger partial charge in [-0.3, -0.25) is 13.8 Å². The number of rotatable bonds is 10. The first kappa shape index (κ1) is 28.0. The third kappa shape index (κ3) is 7.01. The van der Waals surface area contributed by atoms with E-state index in [-0.39, 0.29) is 4.90 Å². The first-order valence-corrected chi connectivity index (χ1v) is 14.9. The number of amides is 1. The molecule has 0 aliphatic heterocycles. The summed E-state index contributed by atoms with van der Waals surface area (Å²) >= 11 is 0. The largest absolute Gasteiger partial charge is 0.494 e. The molecular formula is C26H31N3O6S2. The first-order valence-electron chi connectivity index (χ1n) is 11.5. The Labute approximate surface area is 218 Å². The van der Waals surface area contributed by atoms with E-state index in [9.17, 15) is 21.6 Å². The Morgan fingerprint density at radius 3 is 2.11 bits per heavy atom. The van der Waals surface area contributed by atoms with E-state index in [2.05, 4.69) is 10.0 Å². The van der Waals surface area contributed by atoms with E-state index in [1.807, 2.05) is 32.9 Å². The van der Waals surface area contributed by atoms with Crippen molar-refractivity contribution in [2.75, 3.05) is 27.2 Å². The molecule has 0 aliphatic carbocycles. The molecule has 0 aromatic heterocycles. The highest BCUT2D eigenvalue weighted by Crippen LogP contribution is 2.25. The standard InChI is InChI=1S/C26H31N3O6S2/c1-6-35-23-12-10-22(11-13-23)29(36(5,31)32)20(4)26(30)27-21-8-14-24(15-9-21)37(33,34)28-25-16-7-18(2)17-19(25)3/h7-17,20,28H,6H2,1-5H3,(H,27,30)/t20-/m1/s1. The van der Waals surface area contributed by atoms with Crippen molar-refractivity contribution in [3.8, 4) is 5.75 Å². The maximum Gasteiger partial charge on any atom is 0.261 e. The van der Waals surface area contributed by atoms with Crippen LogP contribution in [0.15, 0.2) is 71.6 Å². The summed E-state index contributed by atoms with van der Waals surface area (Å²) in [6.07, 6.45) is 1.02. The van der Waals surface area contributed by atoms with Gasteiger partial charge in [-0.25, -0.2) is 16.8 Å². The van der Waals surface area contributed by atoms with Crippen LogP contribution in [-0.2, 0) is 24.8 Å². The highest BCUT2D eigenvalue weighted by Gasteiger charge is 2.29. The number of carbonyl (C=O) groups is 1. The second-order valence-electron chi connectivity index (χ2n) is 8.60. The monoisotopic (exact) mass is 545 g/mol. The van der Waals surface area contributed by atoms with E-state index in [0.717, 1.165) is 21.7 Å². The van der Waals surface area contributed by atoms with E-state index < -0.39 is 32.0 Å². The Morgan fingerprint density at radius 1 is 0.946 bits per heavy atom. The molecule has 0 bridgehead atoms. The van der Waals surface area contributed by atoms with Crippen molar-refractivity contribution in [2.45, 2.75) is 38.6 Å². The topological polar surface area (TPSA) is 122 Å². The predicted octanol–water partition coefficient (Wildman–Crippen LogP) is 4.30. The lowest BCUT2D eigenvalue weighted by atomic mass is 10.1. The summed E-state index contributed by atoms with van der Waals surface area (Å²) in [6.45, 7) is 7.52. The van der Waals surface area contributed by atoms with Gasteiger partial charge in [0.1, 0.15) is 11.8 Å². The molecule has 0 radical (unpaired) electrons. The van der Waals surface area contributed by atoms with E-state index in [4.69, 9.17) is 4.74 Å². The predicted molar refractivity (Wildman–Crippen MR) is 146 cm³/mol. The molecule has 11 heteroatoms. The molecule has 3 aromatic carbocycles. The summed E-state index contributed by atoms with van der Waals surface area (Å²) < 4.78 is 59.7. The third-order valence-electron chi connectivity index (χ3n) is 5.55. The van der Waals surface area contributed by atoms with Crippen LogP contribution in [0, 0.1) is 13.8 Å². The number of hydrogen-bond donors (Lipinski definition) is 2. The average Bonchev–Trinajstić information content (AvgIpc) is 2.82. The van der Waals surface area contributed by atoms with E-state index in [1.54, 1.807) is 30.3 Å². The van der Waals surface area contributed by atoms with Crippen LogP contribution in [0.25, 0.3) is 0 Å². The van der Waals surface area contributed by atoms with Gasteiger partial charge < -0.3 is 10.1 Å². The summed E-state index contributed by atoms with van der Waals surface area (Å²) in [5.41, 5.74) is 2.93. The second kappa shape index (κ2) is 11.2. The van der Waals surface area contributed by atoms with Gasteiger partial charge in [-0.1, -0.05) is 17.7 Å². The Bertz CT molecular complexity index is 1470. The molecule has 3 aromatic rings. The summed E-state index contributed by atoms with van der Waals surface area (Å²) in [6, 6.07) is 16.4. The van der Waals surface area contributed by atoms with Crippen LogP contribution >= 0.6 is 0 Å². The zero-order chi connectivity index (χ0) is 27.4. The fraction of sp³-hybridized carbons (Fsp3) is 0.269. The number of nitrogens with zero attached hydrogens (tertiary/aromatic N) is 1. The van der Waals surface area contributed by atoms with Gasteiger partial charge in [-0.2, -0.15) is 0 Å². The fourth-order valence-electron chi connectivity index (χ4n) is 3.76. The molecule has 0 aliphatic rings. The Morgan fingerprint density at radius 2 is 1.57 bits per heavy atom. The zero-order valence-corrected chi connectivity index (χ0v) is 23.0. The minimum Gasteiger partial charge on any atom is -0.494 e. The molecule has 0 unspecified atom stereocenters. The summed E-state index contributed by atoms with van der Waals surface area (Å²) in [5.74, 6) is 0.00204. The number of hydrogen-bond acceptors (Lipinski definition) is 6. The van der Waals surface area contributed by atoms with Crippen molar-refractivity contribution in [1.29, 1.82) is 0 Å². The van der Waals surface area contributed by atoms with Crippen molar-refractivity contribution >= 4 is 43.0 Å². The van der Waals surface area contributed by atoms with Gasteiger partial charge in [0.2, 0.25) is 15.9 Å². The molecule has 0 fully saturated rings. The van der Waals surface area contributed by atoms with Gasteiger partial charge in [0.15, 0.2) is 0 Å². The summed E-state index contributed by atoms with van der Waals surface area (Å²) in [4.78, 5) is 13.0. The zero-order valence-electron chi connectivity index (χ0n) is 21.3. The SMILES string of the molecule is CCOc1ccc(N([C@H](C)C(=O)Nc2ccc(S(=O)(=O)Nc3ccc(C)cc3C)cc2)S(C)(=O)=O)cc1. The van der Waals surface area contributed by atoms with Crippen molar-refractivity contribution in [3.63, 3.8) is 0 Å². The highest BCUT2D eigenvalue weighted by molar-refractivity contribution is 7.92. The van der Waals surface area contributed by atoms with Crippen LogP contribution in [0.5, 0.6) is 5.75 Å². The molecule has 37 heavy (non-hydrogen) atoms. The van der Waals surface area contributed by atoms with Gasteiger partial charge in [0.25, 0.3) is 10.0 Å². The van der Waals surface area contributed by atoms with E-state index >= 15 is 0 Å².